The number of nitrogens with one attached hydrogen (secondary N) is 1. The number of rotatable bonds is 1. The van der Waals surface area contributed by atoms with Crippen LogP contribution in [0.4, 0.5) is 0 Å². The van der Waals surface area contributed by atoms with Crippen LogP contribution in [0.1, 0.15) is 17.3 Å². The first-order chi connectivity index (χ1) is 9.63. The van der Waals surface area contributed by atoms with Crippen LogP contribution in [0.2, 0.25) is 0 Å². The molecule has 1 heterocycles. The number of halogens is 2. The van der Waals surface area contributed by atoms with E-state index in [9.17, 15) is 4.79 Å². The Kier molecular flexibility index (Phi) is 5.25. The lowest BCUT2D eigenvalue weighted by Gasteiger charge is -2.32. The molecule has 21 heavy (non-hydrogen) atoms. The number of carbonyl (C=O) groups excluding carboxylic acids is 1. The predicted octanol–water partition coefficient (Wildman–Crippen LogP) is 3.46. The van der Waals surface area contributed by atoms with Gasteiger partial charge in [-0.1, -0.05) is 28.1 Å². The van der Waals surface area contributed by atoms with Gasteiger partial charge in [-0.2, -0.15) is 0 Å². The number of hydrogen-bond acceptors (Lipinski definition) is 2. The van der Waals surface area contributed by atoms with E-state index in [1.54, 1.807) is 0 Å². The maximum Gasteiger partial charge on any atom is 0.253 e. The van der Waals surface area contributed by atoms with Crippen molar-refractivity contribution in [1.82, 2.24) is 10.2 Å². The number of carbonyl (C=O) groups is 1. The van der Waals surface area contributed by atoms with Gasteiger partial charge in [0.15, 0.2) is 0 Å². The summed E-state index contributed by atoms with van der Waals surface area (Å²) in [5.41, 5.74) is 0.772. The van der Waals surface area contributed by atoms with Crippen molar-refractivity contribution >= 4 is 45.0 Å². The summed E-state index contributed by atoms with van der Waals surface area (Å²) in [4.78, 5) is 14.5. The van der Waals surface area contributed by atoms with E-state index in [0.717, 1.165) is 40.4 Å². The molecular weight excluding hydrogens is 352 g/mol. The van der Waals surface area contributed by atoms with Crippen molar-refractivity contribution in [2.24, 2.45) is 0 Å². The van der Waals surface area contributed by atoms with Crippen molar-refractivity contribution < 1.29 is 4.79 Å². The molecule has 3 nitrogen and oxygen atoms in total. The van der Waals surface area contributed by atoms with Gasteiger partial charge in [0, 0.05) is 35.7 Å². The Hall–Kier alpha value is -1.10. The standard InChI is InChI=1S/C16H17BrN2O.ClH/c1-11-10-19(7-6-18-11)16(20)14-3-2-13-9-15(17)5-4-12(13)8-14;/h2-5,8-9,11,18H,6-7,10H2,1H3;1H/t11-;/m1./s1. The number of fused-ring (bicyclic) bond motifs is 1. The Morgan fingerprint density at radius 2 is 1.95 bits per heavy atom. The largest absolute Gasteiger partial charge is 0.336 e. The summed E-state index contributed by atoms with van der Waals surface area (Å²) >= 11 is 3.47. The second kappa shape index (κ2) is 6.77. The zero-order chi connectivity index (χ0) is 14.1. The first-order valence-corrected chi connectivity index (χ1v) is 7.65. The lowest BCUT2D eigenvalue weighted by molar-refractivity contribution is 0.0709. The molecule has 1 fully saturated rings. The maximum absolute atomic E-state index is 12.5. The Bertz CT molecular complexity index is 662. The molecule has 1 aliphatic rings. The van der Waals surface area contributed by atoms with Gasteiger partial charge in [-0.05, 0) is 42.0 Å². The highest BCUT2D eigenvalue weighted by Gasteiger charge is 2.21. The van der Waals surface area contributed by atoms with Crippen LogP contribution in [0.5, 0.6) is 0 Å². The van der Waals surface area contributed by atoms with Crippen molar-refractivity contribution in [2.45, 2.75) is 13.0 Å². The van der Waals surface area contributed by atoms with E-state index in [1.807, 2.05) is 35.2 Å². The summed E-state index contributed by atoms with van der Waals surface area (Å²) in [5, 5.41) is 5.60. The van der Waals surface area contributed by atoms with Gasteiger partial charge < -0.3 is 10.2 Å². The summed E-state index contributed by atoms with van der Waals surface area (Å²) < 4.78 is 1.06. The topological polar surface area (TPSA) is 32.3 Å². The predicted molar refractivity (Wildman–Crippen MR) is 92.3 cm³/mol. The highest BCUT2D eigenvalue weighted by Crippen LogP contribution is 2.21. The fraction of sp³-hybridized carbons (Fsp3) is 0.312. The van der Waals surface area contributed by atoms with Crippen LogP contribution >= 0.6 is 28.3 Å². The fourth-order valence-corrected chi connectivity index (χ4v) is 3.03. The minimum atomic E-state index is 0. The van der Waals surface area contributed by atoms with Crippen LogP contribution in [0, 0.1) is 0 Å². The number of amides is 1. The molecule has 1 aliphatic heterocycles. The molecule has 0 saturated carbocycles. The molecule has 0 spiro atoms. The van der Waals surface area contributed by atoms with Gasteiger partial charge in [-0.25, -0.2) is 0 Å². The van der Waals surface area contributed by atoms with E-state index in [-0.39, 0.29) is 18.3 Å². The van der Waals surface area contributed by atoms with Crippen LogP contribution in [-0.2, 0) is 0 Å². The SMILES string of the molecule is C[C@@H]1CN(C(=O)c2ccc3cc(Br)ccc3c2)CCN1.Cl. The Balaban J connectivity index is 0.00000161. The quantitative estimate of drug-likeness (QED) is 0.835. The van der Waals surface area contributed by atoms with Crippen molar-refractivity contribution in [3.63, 3.8) is 0 Å². The Labute approximate surface area is 139 Å². The van der Waals surface area contributed by atoms with Gasteiger partial charge >= 0.3 is 0 Å². The van der Waals surface area contributed by atoms with E-state index in [2.05, 4.69) is 34.2 Å². The van der Waals surface area contributed by atoms with E-state index in [1.165, 1.54) is 0 Å². The van der Waals surface area contributed by atoms with E-state index in [0.29, 0.717) is 6.04 Å². The van der Waals surface area contributed by atoms with Gasteiger partial charge in [-0.3, -0.25) is 4.79 Å². The van der Waals surface area contributed by atoms with Crippen molar-refractivity contribution in [3.05, 3.63) is 46.4 Å². The lowest BCUT2D eigenvalue weighted by Crippen LogP contribution is -2.51. The van der Waals surface area contributed by atoms with Gasteiger partial charge in [-0.15, -0.1) is 12.4 Å². The fourth-order valence-electron chi connectivity index (χ4n) is 2.65. The molecule has 0 aromatic heterocycles. The van der Waals surface area contributed by atoms with Crippen LogP contribution in [0.3, 0.4) is 0 Å². The molecule has 1 atom stereocenters. The molecule has 0 aliphatic carbocycles. The molecule has 1 amide bonds. The molecule has 3 rings (SSSR count). The highest BCUT2D eigenvalue weighted by molar-refractivity contribution is 9.10. The third-order valence-electron chi connectivity index (χ3n) is 3.71. The van der Waals surface area contributed by atoms with Crippen LogP contribution in [-0.4, -0.2) is 36.5 Å². The zero-order valence-corrected chi connectivity index (χ0v) is 14.2. The minimum absolute atomic E-state index is 0. The van der Waals surface area contributed by atoms with Crippen molar-refractivity contribution in [3.8, 4) is 0 Å². The third-order valence-corrected chi connectivity index (χ3v) is 4.20. The number of piperazine rings is 1. The number of benzene rings is 2. The van der Waals surface area contributed by atoms with Gasteiger partial charge in [0.05, 0.1) is 0 Å². The molecule has 5 heteroatoms. The third kappa shape index (κ3) is 3.57. The maximum atomic E-state index is 12.5. The average Bonchev–Trinajstić information content (AvgIpc) is 2.46. The number of nitrogens with zero attached hydrogens (tertiary/aromatic N) is 1. The van der Waals surface area contributed by atoms with E-state index in [4.69, 9.17) is 0 Å². The normalized spacial score (nSPS) is 18.4. The minimum Gasteiger partial charge on any atom is -0.336 e. The van der Waals surface area contributed by atoms with Crippen LogP contribution < -0.4 is 5.32 Å². The smallest absolute Gasteiger partial charge is 0.253 e. The van der Waals surface area contributed by atoms with Gasteiger partial charge in [0.25, 0.3) is 5.91 Å². The molecule has 1 saturated heterocycles. The summed E-state index contributed by atoms with van der Waals surface area (Å²) in [6.07, 6.45) is 0. The molecular formula is C16H18BrClN2O. The lowest BCUT2D eigenvalue weighted by atomic mass is 10.1. The summed E-state index contributed by atoms with van der Waals surface area (Å²) in [7, 11) is 0. The summed E-state index contributed by atoms with van der Waals surface area (Å²) in [5.74, 6) is 0.128. The zero-order valence-electron chi connectivity index (χ0n) is 11.8. The first-order valence-electron chi connectivity index (χ1n) is 6.85. The number of hydrogen-bond donors (Lipinski definition) is 1. The van der Waals surface area contributed by atoms with Gasteiger partial charge in [0.1, 0.15) is 0 Å². The van der Waals surface area contributed by atoms with Crippen molar-refractivity contribution in [2.75, 3.05) is 19.6 Å². The molecule has 1 N–H and O–H groups in total. The second-order valence-corrected chi connectivity index (χ2v) is 6.23. The molecule has 0 radical (unpaired) electrons. The monoisotopic (exact) mass is 368 g/mol. The molecule has 2 aromatic carbocycles. The van der Waals surface area contributed by atoms with E-state index >= 15 is 0 Å². The molecule has 0 unspecified atom stereocenters. The van der Waals surface area contributed by atoms with Gasteiger partial charge in [0.2, 0.25) is 0 Å². The second-order valence-electron chi connectivity index (χ2n) is 5.31. The summed E-state index contributed by atoms with van der Waals surface area (Å²) in [6.45, 7) is 4.53. The molecule has 2 aromatic rings. The first kappa shape index (κ1) is 16.3. The van der Waals surface area contributed by atoms with Crippen LogP contribution in [0.15, 0.2) is 40.9 Å². The van der Waals surface area contributed by atoms with Crippen LogP contribution in [0.25, 0.3) is 10.8 Å². The Morgan fingerprint density at radius 3 is 2.71 bits per heavy atom. The van der Waals surface area contributed by atoms with E-state index < -0.39 is 0 Å². The highest BCUT2D eigenvalue weighted by atomic mass is 79.9. The summed E-state index contributed by atoms with van der Waals surface area (Å²) in [6, 6.07) is 12.4. The average molecular weight is 370 g/mol. The molecule has 112 valence electrons. The van der Waals surface area contributed by atoms with Crippen molar-refractivity contribution in [1.29, 1.82) is 0 Å². The molecule has 0 bridgehead atoms. The Morgan fingerprint density at radius 1 is 1.24 bits per heavy atom.